The Morgan fingerprint density at radius 1 is 1.22 bits per heavy atom. The minimum Gasteiger partial charge on any atom is -0.321 e. The number of carbonyl (C=O) groups is 1. The Morgan fingerprint density at radius 2 is 1.96 bits per heavy atom. The zero-order chi connectivity index (χ0) is 16.7. The molecule has 118 valence electrons. The van der Waals surface area contributed by atoms with Gasteiger partial charge in [-0.2, -0.15) is 0 Å². The largest absolute Gasteiger partial charge is 0.321 e. The third kappa shape index (κ3) is 2.48. The molecule has 0 unspecified atom stereocenters. The molecule has 0 aliphatic carbocycles. The van der Waals surface area contributed by atoms with E-state index in [-0.39, 0.29) is 11.6 Å². The molecule has 0 saturated heterocycles. The predicted molar refractivity (Wildman–Crippen MR) is 90.9 cm³/mol. The molecule has 23 heavy (non-hydrogen) atoms. The van der Waals surface area contributed by atoms with Crippen LogP contribution in [0.2, 0.25) is 0 Å². The number of fused-ring (bicyclic) bond motifs is 1. The van der Waals surface area contributed by atoms with E-state index in [0.717, 1.165) is 28.7 Å². The number of aldehydes is 1. The van der Waals surface area contributed by atoms with Gasteiger partial charge in [0.1, 0.15) is 12.1 Å². The van der Waals surface area contributed by atoms with Crippen LogP contribution in [0.25, 0.3) is 22.4 Å². The van der Waals surface area contributed by atoms with Gasteiger partial charge in [-0.25, -0.2) is 4.98 Å². The molecule has 5 heteroatoms. The smallest absolute Gasteiger partial charge is 0.253 e. The quantitative estimate of drug-likeness (QED) is 0.699. The van der Waals surface area contributed by atoms with E-state index in [1.54, 1.807) is 36.9 Å². The van der Waals surface area contributed by atoms with E-state index in [0.29, 0.717) is 11.1 Å². The normalized spacial score (nSPS) is 11.3. The van der Waals surface area contributed by atoms with Crippen LogP contribution in [-0.4, -0.2) is 20.4 Å². The molecule has 3 rings (SSSR count). The number of hydrogen-bond donors (Lipinski definition) is 0. The van der Waals surface area contributed by atoms with E-state index >= 15 is 0 Å². The van der Waals surface area contributed by atoms with Crippen LogP contribution in [0.5, 0.6) is 0 Å². The summed E-state index contributed by atoms with van der Waals surface area (Å²) in [6, 6.07) is 7.58. The van der Waals surface area contributed by atoms with Gasteiger partial charge in [0.2, 0.25) is 0 Å². The minimum absolute atomic E-state index is 0.0100. The van der Waals surface area contributed by atoms with Crippen LogP contribution in [0.1, 0.15) is 35.8 Å². The standard InChI is InChI=1S/C18H19N3O2/c1-11(2)21-16-6-5-13(10-22)8-15(16)19-17(21)14-7-12(3)18(23)20(4)9-14/h5-11H,1-4H3. The van der Waals surface area contributed by atoms with Crippen molar-refractivity contribution in [3.05, 3.63) is 51.9 Å². The van der Waals surface area contributed by atoms with Crippen molar-refractivity contribution in [2.45, 2.75) is 26.8 Å². The van der Waals surface area contributed by atoms with Crippen LogP contribution in [0.4, 0.5) is 0 Å². The third-order valence-corrected chi connectivity index (χ3v) is 3.99. The summed E-state index contributed by atoms with van der Waals surface area (Å²) in [4.78, 5) is 27.6. The fraction of sp³-hybridized carbons (Fsp3) is 0.278. The summed E-state index contributed by atoms with van der Waals surface area (Å²) in [6.45, 7) is 5.98. The Kier molecular flexibility index (Phi) is 3.64. The van der Waals surface area contributed by atoms with E-state index in [2.05, 4.69) is 18.4 Å². The highest BCUT2D eigenvalue weighted by molar-refractivity contribution is 5.87. The molecule has 0 amide bonds. The van der Waals surface area contributed by atoms with Gasteiger partial charge >= 0.3 is 0 Å². The summed E-state index contributed by atoms with van der Waals surface area (Å²) in [6.07, 6.45) is 2.62. The van der Waals surface area contributed by atoms with Crippen molar-refractivity contribution in [1.29, 1.82) is 0 Å². The second-order valence-corrected chi connectivity index (χ2v) is 6.09. The first-order valence-corrected chi connectivity index (χ1v) is 7.57. The van der Waals surface area contributed by atoms with Crippen LogP contribution in [0, 0.1) is 6.92 Å². The van der Waals surface area contributed by atoms with Gasteiger partial charge in [-0.15, -0.1) is 0 Å². The Bertz CT molecular complexity index is 938. The first kappa shape index (κ1) is 15.2. The molecule has 0 atom stereocenters. The molecule has 5 nitrogen and oxygen atoms in total. The maximum absolute atomic E-state index is 11.9. The van der Waals surface area contributed by atoms with Crippen LogP contribution in [-0.2, 0) is 7.05 Å². The van der Waals surface area contributed by atoms with Crippen LogP contribution >= 0.6 is 0 Å². The van der Waals surface area contributed by atoms with Crippen molar-refractivity contribution in [1.82, 2.24) is 14.1 Å². The van der Waals surface area contributed by atoms with Gasteiger partial charge in [0, 0.05) is 36.0 Å². The fourth-order valence-electron chi connectivity index (χ4n) is 2.92. The second-order valence-electron chi connectivity index (χ2n) is 6.09. The van der Waals surface area contributed by atoms with E-state index < -0.39 is 0 Å². The van der Waals surface area contributed by atoms with E-state index in [1.807, 2.05) is 12.1 Å². The minimum atomic E-state index is -0.0100. The molecule has 3 aromatic rings. The van der Waals surface area contributed by atoms with Crippen LogP contribution in [0.3, 0.4) is 0 Å². The van der Waals surface area contributed by atoms with Crippen LogP contribution < -0.4 is 5.56 Å². The van der Waals surface area contributed by atoms with Crippen molar-refractivity contribution in [3.63, 3.8) is 0 Å². The summed E-state index contributed by atoms with van der Waals surface area (Å²) >= 11 is 0. The SMILES string of the molecule is Cc1cc(-c2nc3cc(C=O)ccc3n2C(C)C)cn(C)c1=O. The maximum Gasteiger partial charge on any atom is 0.253 e. The number of aromatic nitrogens is 3. The molecular weight excluding hydrogens is 290 g/mol. The molecule has 0 N–H and O–H groups in total. The molecule has 2 aromatic heterocycles. The van der Waals surface area contributed by atoms with Crippen molar-refractivity contribution in [2.75, 3.05) is 0 Å². The van der Waals surface area contributed by atoms with E-state index in [1.165, 1.54) is 0 Å². The molecule has 0 fully saturated rings. The lowest BCUT2D eigenvalue weighted by Crippen LogP contribution is -2.19. The highest BCUT2D eigenvalue weighted by Gasteiger charge is 2.16. The molecule has 0 radical (unpaired) electrons. The van der Waals surface area contributed by atoms with Gasteiger partial charge in [-0.05, 0) is 45.0 Å². The monoisotopic (exact) mass is 309 g/mol. The lowest BCUT2D eigenvalue weighted by molar-refractivity contribution is 0.112. The lowest BCUT2D eigenvalue weighted by Gasteiger charge is -2.14. The first-order chi connectivity index (χ1) is 10.9. The number of benzene rings is 1. The molecule has 0 aliphatic rings. The van der Waals surface area contributed by atoms with Gasteiger partial charge in [0.05, 0.1) is 11.0 Å². The van der Waals surface area contributed by atoms with E-state index in [4.69, 9.17) is 4.98 Å². The third-order valence-electron chi connectivity index (χ3n) is 3.99. The summed E-state index contributed by atoms with van der Waals surface area (Å²) < 4.78 is 3.70. The zero-order valence-electron chi connectivity index (χ0n) is 13.7. The fourth-order valence-corrected chi connectivity index (χ4v) is 2.92. The summed E-state index contributed by atoms with van der Waals surface area (Å²) in [5.41, 5.74) is 3.93. The van der Waals surface area contributed by atoms with Crippen LogP contribution in [0.15, 0.2) is 35.3 Å². The first-order valence-electron chi connectivity index (χ1n) is 7.57. The Hall–Kier alpha value is -2.69. The summed E-state index contributed by atoms with van der Waals surface area (Å²) in [5, 5.41) is 0. The molecule has 2 heterocycles. The average molecular weight is 309 g/mol. The predicted octanol–water partition coefficient (Wildman–Crippen LogP) is 3.10. The highest BCUT2D eigenvalue weighted by atomic mass is 16.1. The van der Waals surface area contributed by atoms with Crippen molar-refractivity contribution in [3.8, 4) is 11.4 Å². The number of aryl methyl sites for hydroxylation is 2. The maximum atomic E-state index is 11.9. The van der Waals surface area contributed by atoms with E-state index in [9.17, 15) is 9.59 Å². The van der Waals surface area contributed by atoms with Crippen molar-refractivity contribution in [2.24, 2.45) is 7.05 Å². The zero-order valence-corrected chi connectivity index (χ0v) is 13.7. The molecule has 0 bridgehead atoms. The number of carbonyl (C=O) groups excluding carboxylic acids is 1. The summed E-state index contributed by atoms with van der Waals surface area (Å²) in [5.74, 6) is 0.803. The average Bonchev–Trinajstić information content (AvgIpc) is 2.90. The topological polar surface area (TPSA) is 56.9 Å². The molecule has 0 spiro atoms. The van der Waals surface area contributed by atoms with Gasteiger partial charge < -0.3 is 9.13 Å². The lowest BCUT2D eigenvalue weighted by atomic mass is 10.2. The van der Waals surface area contributed by atoms with Gasteiger partial charge in [-0.3, -0.25) is 9.59 Å². The Balaban J connectivity index is 2.34. The number of imidazole rings is 1. The van der Waals surface area contributed by atoms with Crippen molar-refractivity contribution >= 4 is 17.3 Å². The number of rotatable bonds is 3. The second kappa shape index (κ2) is 5.50. The highest BCUT2D eigenvalue weighted by Crippen LogP contribution is 2.28. The molecule has 0 saturated carbocycles. The molecule has 0 aliphatic heterocycles. The van der Waals surface area contributed by atoms with Gasteiger partial charge in [-0.1, -0.05) is 0 Å². The van der Waals surface area contributed by atoms with Gasteiger partial charge in [0.25, 0.3) is 5.56 Å². The summed E-state index contributed by atoms with van der Waals surface area (Å²) in [7, 11) is 1.74. The Labute approximate surface area is 134 Å². The van der Waals surface area contributed by atoms with Crippen molar-refractivity contribution < 1.29 is 4.79 Å². The number of hydrogen-bond acceptors (Lipinski definition) is 3. The number of nitrogens with zero attached hydrogens (tertiary/aromatic N) is 3. The number of pyridine rings is 1. The molecular formula is C18H19N3O2. The van der Waals surface area contributed by atoms with Gasteiger partial charge in [0.15, 0.2) is 0 Å². The Morgan fingerprint density at radius 3 is 2.57 bits per heavy atom. The molecule has 1 aromatic carbocycles.